The van der Waals surface area contributed by atoms with Crippen LogP contribution in [0.5, 0.6) is 0 Å². The number of piperidine rings is 1. The van der Waals surface area contributed by atoms with Crippen LogP contribution in [0.1, 0.15) is 51.9 Å². The van der Waals surface area contributed by atoms with Gasteiger partial charge in [-0.15, -0.1) is 12.4 Å². The predicted molar refractivity (Wildman–Crippen MR) is 78.5 cm³/mol. The van der Waals surface area contributed by atoms with E-state index in [9.17, 15) is 4.79 Å². The van der Waals surface area contributed by atoms with Gasteiger partial charge in [0.15, 0.2) is 0 Å². The van der Waals surface area contributed by atoms with E-state index in [4.69, 9.17) is 10.5 Å². The summed E-state index contributed by atoms with van der Waals surface area (Å²) in [7, 11) is 0. The van der Waals surface area contributed by atoms with Crippen molar-refractivity contribution in [3.8, 4) is 0 Å². The average Bonchev–Trinajstić information content (AvgIpc) is 2.40. The van der Waals surface area contributed by atoms with E-state index in [0.29, 0.717) is 6.42 Å². The third kappa shape index (κ3) is 4.62. The Morgan fingerprint density at radius 1 is 1.32 bits per heavy atom. The quantitative estimate of drug-likeness (QED) is 0.866. The molecule has 0 spiro atoms. The van der Waals surface area contributed by atoms with Crippen molar-refractivity contribution in [3.05, 3.63) is 0 Å². The molecule has 2 heterocycles. The number of nitrogens with zero attached hydrogens (tertiary/aromatic N) is 1. The SMILES string of the molecule is CC(N)C1CCCCN1C(=O)CC1CCCCO1.Cl. The normalized spacial score (nSPS) is 29.5. The number of ether oxygens (including phenoxy) is 1. The van der Waals surface area contributed by atoms with Crippen molar-refractivity contribution in [2.24, 2.45) is 5.73 Å². The molecule has 4 nitrogen and oxygen atoms in total. The first-order valence-electron chi connectivity index (χ1n) is 7.35. The molecule has 2 saturated heterocycles. The maximum absolute atomic E-state index is 12.4. The molecule has 1 amide bonds. The molecule has 0 saturated carbocycles. The largest absolute Gasteiger partial charge is 0.378 e. The second kappa shape index (κ2) is 8.08. The van der Waals surface area contributed by atoms with Crippen molar-refractivity contribution in [2.45, 2.75) is 70.1 Å². The second-order valence-corrected chi connectivity index (χ2v) is 5.70. The number of likely N-dealkylation sites (tertiary alicyclic amines) is 1. The molecule has 0 aromatic carbocycles. The van der Waals surface area contributed by atoms with Crippen LogP contribution in [0.15, 0.2) is 0 Å². The van der Waals surface area contributed by atoms with Gasteiger partial charge in [-0.05, 0) is 45.4 Å². The molecule has 2 aliphatic heterocycles. The summed E-state index contributed by atoms with van der Waals surface area (Å²) in [4.78, 5) is 14.4. The van der Waals surface area contributed by atoms with Crippen LogP contribution in [0.3, 0.4) is 0 Å². The van der Waals surface area contributed by atoms with Crippen molar-refractivity contribution in [1.82, 2.24) is 4.90 Å². The molecule has 2 aliphatic rings. The molecule has 112 valence electrons. The van der Waals surface area contributed by atoms with E-state index in [2.05, 4.69) is 0 Å². The molecule has 0 aromatic heterocycles. The zero-order valence-corrected chi connectivity index (χ0v) is 12.7. The lowest BCUT2D eigenvalue weighted by Crippen LogP contribution is -2.52. The fraction of sp³-hybridized carbons (Fsp3) is 0.929. The molecule has 19 heavy (non-hydrogen) atoms. The van der Waals surface area contributed by atoms with Crippen molar-refractivity contribution < 1.29 is 9.53 Å². The van der Waals surface area contributed by atoms with Gasteiger partial charge in [0.05, 0.1) is 12.5 Å². The van der Waals surface area contributed by atoms with Crippen LogP contribution in [0, 0.1) is 0 Å². The molecule has 0 aliphatic carbocycles. The van der Waals surface area contributed by atoms with Crippen LogP contribution in [0.25, 0.3) is 0 Å². The van der Waals surface area contributed by atoms with Crippen molar-refractivity contribution in [1.29, 1.82) is 0 Å². The third-order valence-corrected chi connectivity index (χ3v) is 4.15. The fourth-order valence-electron chi connectivity index (χ4n) is 3.09. The van der Waals surface area contributed by atoms with Crippen molar-refractivity contribution in [2.75, 3.05) is 13.2 Å². The number of hydrogen-bond donors (Lipinski definition) is 1. The number of amides is 1. The Kier molecular flexibility index (Phi) is 7.11. The Morgan fingerprint density at radius 3 is 2.68 bits per heavy atom. The lowest BCUT2D eigenvalue weighted by Gasteiger charge is -2.39. The Bertz CT molecular complexity index is 281. The predicted octanol–water partition coefficient (Wildman–Crippen LogP) is 2.10. The van der Waals surface area contributed by atoms with Crippen LogP contribution in [0.2, 0.25) is 0 Å². The zero-order chi connectivity index (χ0) is 13.0. The van der Waals surface area contributed by atoms with Gasteiger partial charge in [-0.2, -0.15) is 0 Å². The van der Waals surface area contributed by atoms with Gasteiger partial charge in [-0.1, -0.05) is 0 Å². The molecule has 0 radical (unpaired) electrons. The van der Waals surface area contributed by atoms with E-state index >= 15 is 0 Å². The minimum absolute atomic E-state index is 0. The van der Waals surface area contributed by atoms with Crippen LogP contribution < -0.4 is 5.73 Å². The summed E-state index contributed by atoms with van der Waals surface area (Å²) in [5, 5.41) is 0. The summed E-state index contributed by atoms with van der Waals surface area (Å²) >= 11 is 0. The summed E-state index contributed by atoms with van der Waals surface area (Å²) in [6, 6.07) is 0.302. The van der Waals surface area contributed by atoms with Gasteiger partial charge in [0.1, 0.15) is 0 Å². The van der Waals surface area contributed by atoms with Gasteiger partial charge in [-0.25, -0.2) is 0 Å². The average molecular weight is 291 g/mol. The number of rotatable bonds is 3. The van der Waals surface area contributed by atoms with Gasteiger partial charge >= 0.3 is 0 Å². The standard InChI is InChI=1S/C14H26N2O2.ClH/c1-11(15)13-7-2-4-8-16(13)14(17)10-12-6-3-5-9-18-12;/h11-13H,2-10,15H2,1H3;1H. The lowest BCUT2D eigenvalue weighted by molar-refractivity contribution is -0.139. The summed E-state index contributed by atoms with van der Waals surface area (Å²) < 4.78 is 5.66. The Labute approximate surface area is 122 Å². The van der Waals surface area contributed by atoms with Crippen molar-refractivity contribution >= 4 is 18.3 Å². The van der Waals surface area contributed by atoms with E-state index in [-0.39, 0.29) is 36.5 Å². The van der Waals surface area contributed by atoms with Crippen LogP contribution in [-0.2, 0) is 9.53 Å². The highest BCUT2D eigenvalue weighted by Gasteiger charge is 2.30. The summed E-state index contributed by atoms with van der Waals surface area (Å²) in [5.74, 6) is 0.240. The third-order valence-electron chi connectivity index (χ3n) is 4.15. The monoisotopic (exact) mass is 290 g/mol. The summed E-state index contributed by atoms with van der Waals surface area (Å²) in [5.41, 5.74) is 6.00. The number of halogens is 1. The van der Waals surface area contributed by atoms with E-state index in [0.717, 1.165) is 38.8 Å². The molecular weight excluding hydrogens is 264 g/mol. The molecule has 3 atom stereocenters. The first-order chi connectivity index (χ1) is 8.68. The molecule has 0 aromatic rings. The Hall–Kier alpha value is -0.320. The van der Waals surface area contributed by atoms with Crippen LogP contribution in [0.4, 0.5) is 0 Å². The minimum Gasteiger partial charge on any atom is -0.378 e. The number of carbonyl (C=O) groups excluding carboxylic acids is 1. The Morgan fingerprint density at radius 2 is 2.05 bits per heavy atom. The summed E-state index contributed by atoms with van der Waals surface area (Å²) in [6.07, 6.45) is 7.39. The molecule has 0 bridgehead atoms. The molecule has 2 fully saturated rings. The number of nitrogens with two attached hydrogens (primary N) is 1. The summed E-state index contributed by atoms with van der Waals surface area (Å²) in [6.45, 7) is 3.69. The Balaban J connectivity index is 0.00000180. The van der Waals surface area contributed by atoms with Crippen LogP contribution >= 0.6 is 12.4 Å². The topological polar surface area (TPSA) is 55.6 Å². The highest BCUT2D eigenvalue weighted by Crippen LogP contribution is 2.22. The van der Waals surface area contributed by atoms with Crippen LogP contribution in [-0.4, -0.2) is 42.1 Å². The van der Waals surface area contributed by atoms with Gasteiger partial charge in [-0.3, -0.25) is 4.79 Å². The van der Waals surface area contributed by atoms with Crippen molar-refractivity contribution in [3.63, 3.8) is 0 Å². The highest BCUT2D eigenvalue weighted by atomic mass is 35.5. The molecular formula is C14H27ClN2O2. The maximum Gasteiger partial charge on any atom is 0.225 e. The fourth-order valence-corrected chi connectivity index (χ4v) is 3.09. The van der Waals surface area contributed by atoms with Gasteiger partial charge in [0.25, 0.3) is 0 Å². The molecule has 5 heteroatoms. The number of hydrogen-bond acceptors (Lipinski definition) is 3. The molecule has 2 rings (SSSR count). The minimum atomic E-state index is 0. The second-order valence-electron chi connectivity index (χ2n) is 5.70. The molecule has 3 unspecified atom stereocenters. The maximum atomic E-state index is 12.4. The van der Waals surface area contributed by atoms with E-state index in [1.54, 1.807) is 0 Å². The first kappa shape index (κ1) is 16.7. The van der Waals surface area contributed by atoms with Gasteiger partial charge < -0.3 is 15.4 Å². The highest BCUT2D eigenvalue weighted by molar-refractivity contribution is 5.85. The van der Waals surface area contributed by atoms with Gasteiger partial charge in [0.2, 0.25) is 5.91 Å². The van der Waals surface area contributed by atoms with Gasteiger partial charge in [0, 0.05) is 25.2 Å². The van der Waals surface area contributed by atoms with E-state index < -0.39 is 0 Å². The first-order valence-corrected chi connectivity index (χ1v) is 7.35. The smallest absolute Gasteiger partial charge is 0.225 e. The number of carbonyl (C=O) groups is 1. The zero-order valence-electron chi connectivity index (χ0n) is 11.8. The molecule has 2 N–H and O–H groups in total. The van der Waals surface area contributed by atoms with E-state index in [1.165, 1.54) is 12.8 Å². The van der Waals surface area contributed by atoms with E-state index in [1.807, 2.05) is 11.8 Å². The lowest BCUT2D eigenvalue weighted by atomic mass is 9.95.